The fraction of sp³-hybridized carbons (Fsp3) is 0.231. The van der Waals surface area contributed by atoms with Gasteiger partial charge in [0, 0.05) is 18.0 Å². The van der Waals surface area contributed by atoms with E-state index in [4.69, 9.17) is 5.73 Å². The van der Waals surface area contributed by atoms with Gasteiger partial charge in [-0.2, -0.15) is 0 Å². The van der Waals surface area contributed by atoms with Crippen LogP contribution in [0.2, 0.25) is 0 Å². The van der Waals surface area contributed by atoms with Crippen LogP contribution in [0.3, 0.4) is 0 Å². The third-order valence-electron chi connectivity index (χ3n) is 2.27. The van der Waals surface area contributed by atoms with Crippen LogP contribution in [0.25, 0.3) is 10.4 Å². The van der Waals surface area contributed by atoms with E-state index in [2.05, 4.69) is 9.72 Å². The third-order valence-corrected chi connectivity index (χ3v) is 3.17. The lowest BCUT2D eigenvalue weighted by molar-refractivity contribution is -0.383. The van der Waals surface area contributed by atoms with Gasteiger partial charge in [-0.1, -0.05) is 6.07 Å². The molecule has 21 heavy (non-hydrogen) atoms. The molecule has 7 nitrogen and oxygen atoms in total. The SMILES string of the molecule is CCOC(C)=O.Nc1nccc(-c2cccs2)c1[N+](=O)[O-]. The third kappa shape index (κ3) is 4.84. The summed E-state index contributed by atoms with van der Waals surface area (Å²) in [5.41, 5.74) is 5.87. The van der Waals surface area contributed by atoms with E-state index in [0.29, 0.717) is 12.2 Å². The summed E-state index contributed by atoms with van der Waals surface area (Å²) in [6.07, 6.45) is 1.47. The number of thiophene rings is 1. The van der Waals surface area contributed by atoms with Crippen molar-refractivity contribution in [2.45, 2.75) is 13.8 Å². The van der Waals surface area contributed by atoms with Crippen LogP contribution < -0.4 is 5.73 Å². The second-order valence-electron chi connectivity index (χ2n) is 3.75. The Labute approximate surface area is 125 Å². The number of aromatic nitrogens is 1. The molecule has 0 amide bonds. The Bertz CT molecular complexity index is 614. The second kappa shape index (κ2) is 7.95. The van der Waals surface area contributed by atoms with Crippen molar-refractivity contribution >= 4 is 28.8 Å². The molecule has 0 unspecified atom stereocenters. The van der Waals surface area contributed by atoms with Gasteiger partial charge in [0.15, 0.2) is 0 Å². The zero-order chi connectivity index (χ0) is 15.8. The topological polar surface area (TPSA) is 108 Å². The number of rotatable bonds is 3. The molecule has 0 saturated heterocycles. The van der Waals surface area contributed by atoms with E-state index in [1.165, 1.54) is 24.5 Å². The average molecular weight is 309 g/mol. The fourth-order valence-corrected chi connectivity index (χ4v) is 2.25. The Morgan fingerprint density at radius 2 is 2.24 bits per heavy atom. The highest BCUT2D eigenvalue weighted by atomic mass is 32.1. The summed E-state index contributed by atoms with van der Waals surface area (Å²) in [5, 5.41) is 12.7. The van der Waals surface area contributed by atoms with Gasteiger partial charge in [-0.25, -0.2) is 4.98 Å². The molecule has 2 aromatic rings. The van der Waals surface area contributed by atoms with Gasteiger partial charge < -0.3 is 10.5 Å². The first-order valence-electron chi connectivity index (χ1n) is 6.03. The number of nitro groups is 1. The van der Waals surface area contributed by atoms with Crippen LogP contribution in [-0.4, -0.2) is 22.5 Å². The highest BCUT2D eigenvalue weighted by molar-refractivity contribution is 7.13. The molecular weight excluding hydrogens is 294 g/mol. The van der Waals surface area contributed by atoms with Crippen molar-refractivity contribution in [2.24, 2.45) is 0 Å². The Hall–Kier alpha value is -2.48. The highest BCUT2D eigenvalue weighted by Gasteiger charge is 2.20. The summed E-state index contributed by atoms with van der Waals surface area (Å²) < 4.78 is 4.40. The standard InChI is InChI=1S/C9H7N3O2S.C4H8O2/c10-9-8(12(13)14)6(3-4-11-9)7-2-1-5-15-7;1-3-6-4(2)5/h1-5H,(H2,10,11);3H2,1-2H3. The number of pyridine rings is 1. The highest BCUT2D eigenvalue weighted by Crippen LogP contribution is 2.35. The number of anilines is 1. The molecule has 0 saturated carbocycles. The molecule has 2 N–H and O–H groups in total. The summed E-state index contributed by atoms with van der Waals surface area (Å²) in [4.78, 5) is 24.7. The Morgan fingerprint density at radius 1 is 1.52 bits per heavy atom. The van der Waals surface area contributed by atoms with E-state index in [0.717, 1.165) is 4.88 Å². The van der Waals surface area contributed by atoms with Crippen LogP contribution in [0, 0.1) is 10.1 Å². The number of ether oxygens (including phenoxy) is 1. The number of hydrogen-bond acceptors (Lipinski definition) is 7. The number of nitrogen functional groups attached to an aromatic ring is 1. The quantitative estimate of drug-likeness (QED) is 0.530. The molecule has 8 heteroatoms. The van der Waals surface area contributed by atoms with Crippen LogP contribution >= 0.6 is 11.3 Å². The van der Waals surface area contributed by atoms with Gasteiger partial charge in [-0.15, -0.1) is 11.3 Å². The maximum absolute atomic E-state index is 10.8. The zero-order valence-electron chi connectivity index (χ0n) is 11.6. The first kappa shape index (κ1) is 16.6. The minimum atomic E-state index is -0.503. The van der Waals surface area contributed by atoms with Gasteiger partial charge in [0.1, 0.15) is 0 Å². The van der Waals surface area contributed by atoms with Crippen molar-refractivity contribution in [1.82, 2.24) is 4.98 Å². The van der Waals surface area contributed by atoms with Crippen LogP contribution in [0.5, 0.6) is 0 Å². The van der Waals surface area contributed by atoms with Gasteiger partial charge >= 0.3 is 11.7 Å². The van der Waals surface area contributed by atoms with Crippen molar-refractivity contribution in [3.63, 3.8) is 0 Å². The maximum Gasteiger partial charge on any atom is 0.319 e. The first-order chi connectivity index (χ1) is 9.97. The lowest BCUT2D eigenvalue weighted by atomic mass is 10.2. The van der Waals surface area contributed by atoms with E-state index < -0.39 is 4.92 Å². The number of carbonyl (C=O) groups is 1. The first-order valence-corrected chi connectivity index (χ1v) is 6.91. The Balaban J connectivity index is 0.000000315. The van der Waals surface area contributed by atoms with Crippen molar-refractivity contribution in [2.75, 3.05) is 12.3 Å². The monoisotopic (exact) mass is 309 g/mol. The van der Waals surface area contributed by atoms with Crippen molar-refractivity contribution in [3.8, 4) is 10.4 Å². The van der Waals surface area contributed by atoms with E-state index in [1.807, 2.05) is 17.5 Å². The molecule has 0 bridgehead atoms. The predicted molar refractivity (Wildman–Crippen MR) is 80.9 cm³/mol. The van der Waals surface area contributed by atoms with Crippen molar-refractivity contribution < 1.29 is 14.5 Å². The lowest BCUT2D eigenvalue weighted by Crippen LogP contribution is -1.99. The summed E-state index contributed by atoms with van der Waals surface area (Å²) >= 11 is 1.43. The molecule has 2 heterocycles. The minimum Gasteiger partial charge on any atom is -0.466 e. The number of hydrogen-bond donors (Lipinski definition) is 1. The summed E-state index contributed by atoms with van der Waals surface area (Å²) in [7, 11) is 0. The van der Waals surface area contributed by atoms with Crippen LogP contribution in [0.4, 0.5) is 11.5 Å². The van der Waals surface area contributed by atoms with Gasteiger partial charge in [0.25, 0.3) is 0 Å². The molecule has 2 rings (SSSR count). The Morgan fingerprint density at radius 3 is 2.67 bits per heavy atom. The predicted octanol–water partition coefficient (Wildman–Crippen LogP) is 2.87. The number of nitrogens with zero attached hydrogens (tertiary/aromatic N) is 2. The summed E-state index contributed by atoms with van der Waals surface area (Å²) in [6, 6.07) is 5.24. The van der Waals surface area contributed by atoms with Gasteiger partial charge in [-0.05, 0) is 24.4 Å². The smallest absolute Gasteiger partial charge is 0.319 e. The normalized spacial score (nSPS) is 9.43. The van der Waals surface area contributed by atoms with Crippen LogP contribution in [0.15, 0.2) is 29.8 Å². The molecular formula is C13H15N3O4S. The molecule has 2 aromatic heterocycles. The van der Waals surface area contributed by atoms with E-state index in [9.17, 15) is 14.9 Å². The Kier molecular flexibility index (Phi) is 6.28. The maximum atomic E-state index is 10.8. The van der Waals surface area contributed by atoms with E-state index in [1.54, 1.807) is 13.0 Å². The zero-order valence-corrected chi connectivity index (χ0v) is 12.4. The molecule has 0 fully saturated rings. The van der Waals surface area contributed by atoms with Gasteiger partial charge in [0.05, 0.1) is 17.1 Å². The second-order valence-corrected chi connectivity index (χ2v) is 4.70. The van der Waals surface area contributed by atoms with Crippen molar-refractivity contribution in [1.29, 1.82) is 0 Å². The average Bonchev–Trinajstić information content (AvgIpc) is 2.92. The molecule has 0 aliphatic heterocycles. The van der Waals surface area contributed by atoms with Gasteiger partial charge in [0.2, 0.25) is 5.82 Å². The van der Waals surface area contributed by atoms with Crippen LogP contribution in [-0.2, 0) is 9.53 Å². The van der Waals surface area contributed by atoms with E-state index >= 15 is 0 Å². The minimum absolute atomic E-state index is 0.0501. The summed E-state index contributed by atoms with van der Waals surface area (Å²) in [6.45, 7) is 3.65. The summed E-state index contributed by atoms with van der Waals surface area (Å²) in [5.74, 6) is -0.261. The number of esters is 1. The molecule has 112 valence electrons. The van der Waals surface area contributed by atoms with Crippen LogP contribution in [0.1, 0.15) is 13.8 Å². The van der Waals surface area contributed by atoms with Gasteiger partial charge in [-0.3, -0.25) is 14.9 Å². The van der Waals surface area contributed by atoms with E-state index in [-0.39, 0.29) is 17.5 Å². The number of carbonyl (C=O) groups excluding carboxylic acids is 1. The fourth-order valence-electron chi connectivity index (χ4n) is 1.50. The lowest BCUT2D eigenvalue weighted by Gasteiger charge is -2.01. The molecule has 0 atom stereocenters. The number of nitrogens with two attached hydrogens (primary N) is 1. The molecule has 0 aliphatic rings. The largest absolute Gasteiger partial charge is 0.466 e. The van der Waals surface area contributed by atoms with Crippen molar-refractivity contribution in [3.05, 3.63) is 39.9 Å². The molecule has 0 aliphatic carbocycles. The molecule has 0 spiro atoms. The molecule has 0 aromatic carbocycles. The molecule has 0 radical (unpaired) electrons.